The Labute approximate surface area is 121 Å². The SMILES string of the molecule is COC(C)c1nc(C)c(C(=O)N2CCC[C@@H]2C(=O)O)s1. The lowest BCUT2D eigenvalue weighted by molar-refractivity contribution is -0.141. The molecule has 0 aliphatic carbocycles. The van der Waals surface area contributed by atoms with Gasteiger partial charge in [-0.3, -0.25) is 4.79 Å². The largest absolute Gasteiger partial charge is 0.480 e. The van der Waals surface area contributed by atoms with E-state index in [4.69, 9.17) is 9.84 Å². The third-order valence-electron chi connectivity index (χ3n) is 3.51. The number of hydrogen-bond acceptors (Lipinski definition) is 5. The maximum absolute atomic E-state index is 12.5. The van der Waals surface area contributed by atoms with Gasteiger partial charge in [0.15, 0.2) is 0 Å². The van der Waals surface area contributed by atoms with E-state index in [1.165, 1.54) is 16.2 Å². The van der Waals surface area contributed by atoms with E-state index in [1.54, 1.807) is 14.0 Å². The summed E-state index contributed by atoms with van der Waals surface area (Å²) in [6.45, 7) is 4.12. The summed E-state index contributed by atoms with van der Waals surface area (Å²) in [6, 6.07) is -0.715. The highest BCUT2D eigenvalue weighted by Gasteiger charge is 2.36. The summed E-state index contributed by atoms with van der Waals surface area (Å²) in [7, 11) is 1.59. The van der Waals surface area contributed by atoms with E-state index in [1.807, 2.05) is 6.92 Å². The van der Waals surface area contributed by atoms with Crippen LogP contribution in [0.1, 0.15) is 46.2 Å². The fraction of sp³-hybridized carbons (Fsp3) is 0.615. The first kappa shape index (κ1) is 14.9. The van der Waals surface area contributed by atoms with E-state index in [-0.39, 0.29) is 12.0 Å². The molecule has 0 saturated carbocycles. The van der Waals surface area contributed by atoms with Crippen molar-refractivity contribution in [2.45, 2.75) is 38.8 Å². The number of amides is 1. The van der Waals surface area contributed by atoms with Crippen molar-refractivity contribution in [3.8, 4) is 0 Å². The number of ether oxygens (including phenoxy) is 1. The van der Waals surface area contributed by atoms with Crippen molar-refractivity contribution in [1.29, 1.82) is 0 Å². The van der Waals surface area contributed by atoms with Gasteiger partial charge in [0.1, 0.15) is 22.0 Å². The Balaban J connectivity index is 2.25. The number of aliphatic carboxylic acids is 1. The molecule has 7 heteroatoms. The number of nitrogens with zero attached hydrogens (tertiary/aromatic N) is 2. The molecular weight excluding hydrogens is 280 g/mol. The van der Waals surface area contributed by atoms with Crippen molar-refractivity contribution in [3.05, 3.63) is 15.6 Å². The van der Waals surface area contributed by atoms with Gasteiger partial charge in [0.25, 0.3) is 5.91 Å². The molecule has 110 valence electrons. The Hall–Kier alpha value is -1.47. The Morgan fingerprint density at radius 3 is 2.85 bits per heavy atom. The van der Waals surface area contributed by atoms with Crippen molar-refractivity contribution < 1.29 is 19.4 Å². The van der Waals surface area contributed by atoms with Crippen molar-refractivity contribution in [1.82, 2.24) is 9.88 Å². The van der Waals surface area contributed by atoms with Crippen molar-refractivity contribution in [2.24, 2.45) is 0 Å². The van der Waals surface area contributed by atoms with Crippen LogP contribution in [0.5, 0.6) is 0 Å². The fourth-order valence-corrected chi connectivity index (χ4v) is 3.34. The average Bonchev–Trinajstić information content (AvgIpc) is 3.03. The summed E-state index contributed by atoms with van der Waals surface area (Å²) in [5, 5.41) is 9.89. The number of carbonyl (C=O) groups excluding carboxylic acids is 1. The second-order valence-electron chi connectivity index (χ2n) is 4.84. The zero-order valence-electron chi connectivity index (χ0n) is 11.8. The molecule has 1 saturated heterocycles. The normalized spacial score (nSPS) is 20.1. The standard InChI is InChI=1S/C13H18N2O4S/c1-7-10(20-11(14-7)8(2)19-3)12(16)15-6-4-5-9(15)13(17)18/h8-9H,4-6H2,1-3H3,(H,17,18)/t8?,9-/m1/s1. The third-order valence-corrected chi connectivity index (χ3v) is 4.81. The molecule has 1 aliphatic heterocycles. The van der Waals surface area contributed by atoms with E-state index < -0.39 is 12.0 Å². The molecule has 1 aromatic heterocycles. The molecule has 2 atom stereocenters. The van der Waals surface area contributed by atoms with Crippen molar-refractivity contribution in [2.75, 3.05) is 13.7 Å². The quantitative estimate of drug-likeness (QED) is 0.917. The number of rotatable bonds is 4. The molecule has 1 unspecified atom stereocenters. The van der Waals surface area contributed by atoms with E-state index in [2.05, 4.69) is 4.98 Å². The van der Waals surface area contributed by atoms with Gasteiger partial charge >= 0.3 is 5.97 Å². The molecule has 20 heavy (non-hydrogen) atoms. The molecule has 2 rings (SSSR count). The summed E-state index contributed by atoms with van der Waals surface area (Å²) >= 11 is 1.28. The van der Waals surface area contributed by atoms with Gasteiger partial charge in [-0.2, -0.15) is 0 Å². The number of carboxylic acids is 1. The minimum atomic E-state index is -0.941. The third kappa shape index (κ3) is 2.69. The Kier molecular flexibility index (Phi) is 4.39. The molecule has 2 heterocycles. The van der Waals surface area contributed by atoms with Gasteiger partial charge in [0.2, 0.25) is 0 Å². The number of likely N-dealkylation sites (tertiary alicyclic amines) is 1. The molecule has 1 aromatic rings. The van der Waals surface area contributed by atoms with Crippen LogP contribution in [-0.4, -0.2) is 46.6 Å². The summed E-state index contributed by atoms with van der Waals surface area (Å²) in [6.07, 6.45) is 1.07. The lowest BCUT2D eigenvalue weighted by Crippen LogP contribution is -2.40. The smallest absolute Gasteiger partial charge is 0.326 e. The predicted octanol–water partition coefficient (Wildman–Crippen LogP) is 1.85. The summed E-state index contributed by atoms with van der Waals surface area (Å²) in [5.41, 5.74) is 0.634. The van der Waals surface area contributed by atoms with Crippen LogP contribution in [-0.2, 0) is 9.53 Å². The van der Waals surface area contributed by atoms with Gasteiger partial charge in [-0.25, -0.2) is 9.78 Å². The highest BCUT2D eigenvalue weighted by molar-refractivity contribution is 7.13. The number of methoxy groups -OCH3 is 1. The average molecular weight is 298 g/mol. The molecule has 1 aliphatic rings. The monoisotopic (exact) mass is 298 g/mol. The second-order valence-corrected chi connectivity index (χ2v) is 5.87. The van der Waals surface area contributed by atoms with Gasteiger partial charge in [-0.05, 0) is 26.7 Å². The number of thiazole rings is 1. The van der Waals surface area contributed by atoms with Gasteiger partial charge < -0.3 is 14.7 Å². The minimum absolute atomic E-state index is 0.172. The topological polar surface area (TPSA) is 79.7 Å². The highest BCUT2D eigenvalue weighted by Crippen LogP contribution is 2.28. The van der Waals surface area contributed by atoms with Gasteiger partial charge in [-0.15, -0.1) is 11.3 Å². The molecular formula is C13H18N2O4S. The zero-order chi connectivity index (χ0) is 14.9. The first-order valence-electron chi connectivity index (χ1n) is 6.49. The van der Waals surface area contributed by atoms with Crippen LogP contribution < -0.4 is 0 Å². The molecule has 1 N–H and O–H groups in total. The maximum atomic E-state index is 12.5. The van der Waals surface area contributed by atoms with Crippen LogP contribution in [0, 0.1) is 6.92 Å². The number of carbonyl (C=O) groups is 2. The minimum Gasteiger partial charge on any atom is -0.480 e. The van der Waals surface area contributed by atoms with Crippen LogP contribution in [0.4, 0.5) is 0 Å². The lowest BCUT2D eigenvalue weighted by Gasteiger charge is -2.20. The summed E-state index contributed by atoms with van der Waals surface area (Å²) in [5.74, 6) is -1.18. The molecule has 0 aromatic carbocycles. The van der Waals surface area contributed by atoms with Crippen LogP contribution in [0.25, 0.3) is 0 Å². The Bertz CT molecular complexity index is 528. The van der Waals surface area contributed by atoms with Gasteiger partial charge in [0, 0.05) is 13.7 Å². The van der Waals surface area contributed by atoms with Crippen molar-refractivity contribution >= 4 is 23.2 Å². The van der Waals surface area contributed by atoms with Gasteiger partial charge in [0.05, 0.1) is 5.69 Å². The number of aryl methyl sites for hydroxylation is 1. The zero-order valence-corrected chi connectivity index (χ0v) is 12.6. The highest BCUT2D eigenvalue weighted by atomic mass is 32.1. The Morgan fingerprint density at radius 1 is 1.55 bits per heavy atom. The van der Waals surface area contributed by atoms with E-state index in [9.17, 15) is 9.59 Å². The number of hydrogen-bond donors (Lipinski definition) is 1. The number of aromatic nitrogens is 1. The fourth-order valence-electron chi connectivity index (χ4n) is 2.29. The predicted molar refractivity (Wildman–Crippen MR) is 74.0 cm³/mol. The molecule has 6 nitrogen and oxygen atoms in total. The molecule has 0 spiro atoms. The number of carboxylic acid groups (broad SMARTS) is 1. The second kappa shape index (κ2) is 5.88. The van der Waals surface area contributed by atoms with E-state index in [0.717, 1.165) is 11.4 Å². The molecule has 0 bridgehead atoms. The van der Waals surface area contributed by atoms with Crippen LogP contribution in [0.15, 0.2) is 0 Å². The van der Waals surface area contributed by atoms with Crippen LogP contribution >= 0.6 is 11.3 Å². The Morgan fingerprint density at radius 2 is 2.25 bits per heavy atom. The van der Waals surface area contributed by atoms with Crippen molar-refractivity contribution in [3.63, 3.8) is 0 Å². The molecule has 1 fully saturated rings. The molecule has 1 amide bonds. The first-order valence-corrected chi connectivity index (χ1v) is 7.31. The van der Waals surface area contributed by atoms with Gasteiger partial charge in [-0.1, -0.05) is 0 Å². The lowest BCUT2D eigenvalue weighted by atomic mass is 10.2. The van der Waals surface area contributed by atoms with Crippen LogP contribution in [0.3, 0.4) is 0 Å². The van der Waals surface area contributed by atoms with Crippen LogP contribution in [0.2, 0.25) is 0 Å². The van der Waals surface area contributed by atoms with E-state index in [0.29, 0.717) is 23.5 Å². The first-order chi connectivity index (χ1) is 9.45. The molecule has 0 radical (unpaired) electrons. The van der Waals surface area contributed by atoms with E-state index >= 15 is 0 Å². The summed E-state index contributed by atoms with van der Waals surface area (Å²) in [4.78, 5) is 30.0. The summed E-state index contributed by atoms with van der Waals surface area (Å²) < 4.78 is 5.20. The maximum Gasteiger partial charge on any atom is 0.326 e.